The molecule has 0 aromatic rings. The van der Waals surface area contributed by atoms with E-state index in [1.54, 1.807) is 0 Å². The summed E-state index contributed by atoms with van der Waals surface area (Å²) in [6, 6.07) is 0. The standard InChI is InChI=1S/C39H65NO8/c1-9-45-33(35(5,6)44)24-20-23(2)30-31(47-24)32(43)37(8)26-11-10-25-34(3,4)27(48-29-21-40(18-19-46-29)17-13-28(41)42)12-14-38(25)22-39(26,38)16-15-36(30,37)7/h23-27,29-33,43-44H,9-22H2,1-8H3,(H,41,42)/t23-,24-,25+,26+,27+,29+,30+,31+,32+,33+,36-,37-,38-,39+/m1/s1. The minimum Gasteiger partial charge on any atom is -0.481 e. The van der Waals surface area contributed by atoms with E-state index in [9.17, 15) is 20.1 Å². The second-order valence-corrected chi connectivity index (χ2v) is 19.0. The van der Waals surface area contributed by atoms with Gasteiger partial charge in [-0.15, -0.1) is 0 Å². The Balaban J connectivity index is 1.10. The van der Waals surface area contributed by atoms with Crippen molar-refractivity contribution in [3.05, 3.63) is 0 Å². The Labute approximate surface area is 288 Å². The maximum Gasteiger partial charge on any atom is 0.304 e. The predicted molar refractivity (Wildman–Crippen MR) is 181 cm³/mol. The van der Waals surface area contributed by atoms with E-state index < -0.39 is 23.8 Å². The zero-order valence-electron chi connectivity index (χ0n) is 31.0. The normalized spacial score (nSPS) is 50.3. The molecule has 2 spiro atoms. The third-order valence-electron chi connectivity index (χ3n) is 16.2. The van der Waals surface area contributed by atoms with Gasteiger partial charge in [-0.3, -0.25) is 9.69 Å². The van der Waals surface area contributed by atoms with Crippen molar-refractivity contribution >= 4 is 5.97 Å². The van der Waals surface area contributed by atoms with Crippen molar-refractivity contribution in [3.63, 3.8) is 0 Å². The first-order chi connectivity index (χ1) is 22.5. The van der Waals surface area contributed by atoms with Gasteiger partial charge < -0.3 is 34.3 Å². The summed E-state index contributed by atoms with van der Waals surface area (Å²) in [6.07, 6.45) is 7.45. The molecule has 0 aromatic carbocycles. The molecule has 9 heteroatoms. The number of rotatable bonds is 9. The van der Waals surface area contributed by atoms with Crippen LogP contribution in [0.3, 0.4) is 0 Å². The fourth-order valence-corrected chi connectivity index (χ4v) is 14.1. The monoisotopic (exact) mass is 675 g/mol. The van der Waals surface area contributed by atoms with E-state index in [-0.39, 0.29) is 58.6 Å². The maximum atomic E-state index is 12.6. The molecule has 9 nitrogen and oxygen atoms in total. The molecule has 14 atom stereocenters. The van der Waals surface area contributed by atoms with Crippen LogP contribution >= 0.6 is 0 Å². The van der Waals surface area contributed by atoms with E-state index in [2.05, 4.69) is 39.5 Å². The van der Waals surface area contributed by atoms with Gasteiger partial charge >= 0.3 is 5.97 Å². The Morgan fingerprint density at radius 2 is 1.77 bits per heavy atom. The number of carbonyl (C=O) groups is 1. The Kier molecular flexibility index (Phi) is 8.79. The van der Waals surface area contributed by atoms with Gasteiger partial charge in [-0.25, -0.2) is 0 Å². The summed E-state index contributed by atoms with van der Waals surface area (Å²) in [5.41, 5.74) is -0.711. The van der Waals surface area contributed by atoms with Crippen molar-refractivity contribution in [3.8, 4) is 0 Å². The molecule has 2 saturated heterocycles. The number of nitrogens with zero attached hydrogens (tertiary/aromatic N) is 1. The van der Waals surface area contributed by atoms with Crippen molar-refractivity contribution in [2.24, 2.45) is 50.7 Å². The first-order valence-corrected chi connectivity index (χ1v) is 19.3. The van der Waals surface area contributed by atoms with Gasteiger partial charge in [0.15, 0.2) is 6.29 Å². The highest BCUT2D eigenvalue weighted by atomic mass is 16.7. The molecule has 0 amide bonds. The Hall–Kier alpha value is -0.810. The van der Waals surface area contributed by atoms with Crippen LogP contribution in [-0.2, 0) is 23.7 Å². The fraction of sp³-hybridized carbons (Fsp3) is 0.974. The minimum atomic E-state index is -1.03. The van der Waals surface area contributed by atoms with E-state index in [1.807, 2.05) is 20.8 Å². The molecule has 274 valence electrons. The van der Waals surface area contributed by atoms with Crippen LogP contribution < -0.4 is 0 Å². The highest BCUT2D eigenvalue weighted by Crippen LogP contribution is 2.89. The minimum absolute atomic E-state index is 0.000406. The van der Waals surface area contributed by atoms with Crippen molar-refractivity contribution < 1.29 is 39.1 Å². The summed E-state index contributed by atoms with van der Waals surface area (Å²) >= 11 is 0. The van der Waals surface area contributed by atoms with Gasteiger partial charge in [-0.1, -0.05) is 34.6 Å². The van der Waals surface area contributed by atoms with Gasteiger partial charge in [-0.2, -0.15) is 0 Å². The molecule has 5 saturated carbocycles. The molecular formula is C39H65NO8. The lowest BCUT2D eigenvalue weighted by molar-refractivity contribution is -0.249. The maximum absolute atomic E-state index is 12.6. The van der Waals surface area contributed by atoms with E-state index in [4.69, 9.17) is 18.9 Å². The summed E-state index contributed by atoms with van der Waals surface area (Å²) in [5.74, 6) is 0.921. The molecule has 0 aromatic heterocycles. The van der Waals surface area contributed by atoms with Crippen molar-refractivity contribution in [2.75, 3.05) is 32.8 Å². The average molecular weight is 676 g/mol. The van der Waals surface area contributed by atoms with Crippen LogP contribution in [0.15, 0.2) is 0 Å². The van der Waals surface area contributed by atoms with Crippen LogP contribution in [0.4, 0.5) is 0 Å². The smallest absolute Gasteiger partial charge is 0.304 e. The van der Waals surface area contributed by atoms with Gasteiger partial charge in [0, 0.05) is 31.7 Å². The predicted octanol–water partition coefficient (Wildman–Crippen LogP) is 5.49. The first-order valence-electron chi connectivity index (χ1n) is 19.3. The number of aliphatic hydroxyl groups excluding tert-OH is 1. The number of aliphatic carboxylic acids is 1. The molecule has 2 aliphatic heterocycles. The van der Waals surface area contributed by atoms with Crippen LogP contribution in [0.5, 0.6) is 0 Å². The topological polar surface area (TPSA) is 118 Å². The number of carboxylic acids is 1. The van der Waals surface area contributed by atoms with Gasteiger partial charge in [0.2, 0.25) is 0 Å². The molecule has 7 fully saturated rings. The van der Waals surface area contributed by atoms with Gasteiger partial charge in [0.25, 0.3) is 0 Å². The third kappa shape index (κ3) is 4.97. The molecule has 3 N–H and O–H groups in total. The lowest BCUT2D eigenvalue weighted by Crippen LogP contribution is -2.60. The zero-order valence-corrected chi connectivity index (χ0v) is 31.0. The summed E-state index contributed by atoms with van der Waals surface area (Å²) < 4.78 is 26.0. The first kappa shape index (κ1) is 35.6. The number of morpholine rings is 1. The molecule has 7 aliphatic rings. The van der Waals surface area contributed by atoms with Gasteiger partial charge in [-0.05, 0) is 117 Å². The summed E-state index contributed by atoms with van der Waals surface area (Å²) in [6.45, 7) is 20.7. The number of ether oxygens (including phenoxy) is 4. The van der Waals surface area contributed by atoms with Crippen LogP contribution in [0.1, 0.15) is 113 Å². The van der Waals surface area contributed by atoms with Crippen molar-refractivity contribution in [2.45, 2.75) is 156 Å². The second kappa shape index (κ2) is 11.9. The lowest BCUT2D eigenvalue weighted by atomic mass is 9.41. The Morgan fingerprint density at radius 3 is 2.46 bits per heavy atom. The van der Waals surface area contributed by atoms with Crippen LogP contribution in [0, 0.1) is 50.7 Å². The van der Waals surface area contributed by atoms with Gasteiger partial charge in [0.1, 0.15) is 6.10 Å². The van der Waals surface area contributed by atoms with E-state index in [0.717, 1.165) is 38.6 Å². The van der Waals surface area contributed by atoms with Crippen molar-refractivity contribution in [1.29, 1.82) is 0 Å². The molecule has 0 unspecified atom stereocenters. The molecule has 48 heavy (non-hydrogen) atoms. The molecule has 5 aliphatic carbocycles. The average Bonchev–Trinajstić information content (AvgIpc) is 3.64. The highest BCUT2D eigenvalue weighted by molar-refractivity contribution is 5.66. The zero-order chi connectivity index (χ0) is 34.7. The fourth-order valence-electron chi connectivity index (χ4n) is 14.1. The summed E-state index contributed by atoms with van der Waals surface area (Å²) in [5, 5.41) is 32.8. The van der Waals surface area contributed by atoms with Crippen LogP contribution in [0.2, 0.25) is 0 Å². The van der Waals surface area contributed by atoms with E-state index in [0.29, 0.717) is 49.5 Å². The summed E-state index contributed by atoms with van der Waals surface area (Å²) in [7, 11) is 0. The second-order valence-electron chi connectivity index (χ2n) is 19.0. The Bertz CT molecular complexity index is 1240. The number of carboxylic acid groups (broad SMARTS) is 1. The summed E-state index contributed by atoms with van der Waals surface area (Å²) in [4.78, 5) is 13.3. The largest absolute Gasteiger partial charge is 0.481 e. The SMILES string of the molecule is CCO[C@@H]([C@H]1C[C@@H](C)[C@H]2[C@H](O1)[C@H](O)[C@@]1(C)[C@@H]3CC[C@H]4C(C)(C)[C@@H](O[C@H]5CN(CCC(=O)O)CCO5)CC[C@@]45C[C@@]35CC[C@]21C)C(C)(C)O. The molecule has 2 heterocycles. The molecule has 7 rings (SSSR count). The lowest BCUT2D eigenvalue weighted by Gasteiger charge is -2.64. The van der Waals surface area contributed by atoms with Crippen LogP contribution in [-0.4, -0.2) is 101 Å². The van der Waals surface area contributed by atoms with Crippen molar-refractivity contribution in [1.82, 2.24) is 4.90 Å². The number of fused-ring (bicyclic) bond motifs is 4. The van der Waals surface area contributed by atoms with E-state index >= 15 is 0 Å². The van der Waals surface area contributed by atoms with E-state index in [1.165, 1.54) is 19.3 Å². The van der Waals surface area contributed by atoms with Crippen LogP contribution in [0.25, 0.3) is 0 Å². The van der Waals surface area contributed by atoms with Gasteiger partial charge in [0.05, 0.1) is 43.0 Å². The quantitative estimate of drug-likeness (QED) is 0.292. The molecule has 0 radical (unpaired) electrons. The number of hydrogen-bond donors (Lipinski definition) is 3. The highest BCUT2D eigenvalue weighted by Gasteiger charge is 2.84. The third-order valence-corrected chi connectivity index (χ3v) is 16.2. The number of aliphatic hydroxyl groups is 2. The number of hydrogen-bond acceptors (Lipinski definition) is 8. The molecule has 0 bridgehead atoms. The Morgan fingerprint density at radius 1 is 1.06 bits per heavy atom. The molecular weight excluding hydrogens is 610 g/mol.